The highest BCUT2D eigenvalue weighted by atomic mass is 19.1. The lowest BCUT2D eigenvalue weighted by Gasteiger charge is -2.32. The van der Waals surface area contributed by atoms with Gasteiger partial charge >= 0.3 is 0 Å². The van der Waals surface area contributed by atoms with Crippen LogP contribution in [0.25, 0.3) is 0 Å². The zero-order valence-corrected chi connectivity index (χ0v) is 6.63. The maximum Gasteiger partial charge on any atom is 0.264 e. The minimum atomic E-state index is -1.86. The average molecular weight is 196 g/mol. The summed E-state index contributed by atoms with van der Waals surface area (Å²) >= 11 is 0. The van der Waals surface area contributed by atoms with Gasteiger partial charge in [-0.05, 0) is 5.18 Å². The predicted molar refractivity (Wildman–Crippen MR) is 39.8 cm³/mol. The highest BCUT2D eigenvalue weighted by molar-refractivity contribution is 4.90. The number of alkyl halides is 1. The van der Waals surface area contributed by atoms with Gasteiger partial charge in [0.25, 0.3) is 6.23 Å². The molecule has 0 amide bonds. The zero-order chi connectivity index (χ0) is 10.0. The quantitative estimate of drug-likeness (QED) is 0.404. The van der Waals surface area contributed by atoms with E-state index in [9.17, 15) is 9.30 Å². The van der Waals surface area contributed by atoms with Crippen molar-refractivity contribution in [3.63, 3.8) is 0 Å². The molecular formula is C6H11FNO5+. The molecule has 6 nitrogen and oxygen atoms in total. The van der Waals surface area contributed by atoms with E-state index in [1.165, 1.54) is 0 Å². The van der Waals surface area contributed by atoms with Crippen LogP contribution in [0.1, 0.15) is 0 Å². The van der Waals surface area contributed by atoms with E-state index in [-0.39, 0.29) is 0 Å². The van der Waals surface area contributed by atoms with Gasteiger partial charge in [-0.3, -0.25) is 0 Å². The first-order valence-electron chi connectivity index (χ1n) is 3.74. The fraction of sp³-hybridized carbons (Fsp3) is 1.00. The number of aliphatic hydroxyl groups is 2. The normalized spacial score (nSPS) is 46.0. The second-order valence-corrected chi connectivity index (χ2v) is 2.81. The molecule has 0 radical (unpaired) electrons. The Bertz CT molecular complexity index is 190. The number of aliphatic hydroxyl groups excluding tert-OH is 2. The maximum atomic E-state index is 13.0. The Morgan fingerprint density at radius 3 is 2.69 bits per heavy atom. The lowest BCUT2D eigenvalue weighted by Crippen LogP contribution is -2.56. The number of halogens is 1. The number of nitroso groups, excluding NO2 is 1. The first-order valence-corrected chi connectivity index (χ1v) is 3.74. The van der Waals surface area contributed by atoms with Crippen molar-refractivity contribution < 1.29 is 24.4 Å². The number of hydrogen-bond acceptors (Lipinski definition) is 5. The van der Waals surface area contributed by atoms with Gasteiger partial charge in [0.05, 0.1) is 6.61 Å². The third-order valence-corrected chi connectivity index (χ3v) is 1.95. The molecule has 0 aromatic heterocycles. The summed E-state index contributed by atoms with van der Waals surface area (Å²) in [4.78, 5) is 10.1. The van der Waals surface area contributed by atoms with Crippen LogP contribution < -0.4 is 0 Å². The van der Waals surface area contributed by atoms with Gasteiger partial charge in [0.1, 0.15) is 6.10 Å². The minimum Gasteiger partial charge on any atom is -0.438 e. The minimum absolute atomic E-state index is 0.656. The van der Waals surface area contributed by atoms with Gasteiger partial charge in [-0.2, -0.15) is 0 Å². The molecule has 0 bridgehead atoms. The standard InChI is InChI=1S/C6H10FNO5/c7-3-2(1-9)13-6(8-12)5(11)4(3)10/h2-6,9-11H,1H2/p+1. The SMILES string of the molecule is O=NC1OC(CO)C(F)C(O)C1[OH2+]. The molecule has 5 unspecified atom stereocenters. The van der Waals surface area contributed by atoms with Crippen LogP contribution in [0.3, 0.4) is 0 Å². The maximum absolute atomic E-state index is 13.0. The molecule has 0 saturated carbocycles. The summed E-state index contributed by atoms with van der Waals surface area (Å²) in [5, 5.41) is 27.2. The Hall–Kier alpha value is -0.630. The van der Waals surface area contributed by atoms with Crippen molar-refractivity contribution in [2.45, 2.75) is 30.7 Å². The van der Waals surface area contributed by atoms with Gasteiger partial charge in [-0.25, -0.2) is 4.39 Å². The number of ether oxygens (including phenoxy) is 1. The van der Waals surface area contributed by atoms with Crippen LogP contribution in [0.5, 0.6) is 0 Å². The van der Waals surface area contributed by atoms with E-state index in [4.69, 9.17) is 15.3 Å². The molecule has 1 saturated heterocycles. The van der Waals surface area contributed by atoms with Crippen LogP contribution in [0.15, 0.2) is 5.18 Å². The fourth-order valence-electron chi connectivity index (χ4n) is 1.16. The number of nitrogens with zero attached hydrogens (tertiary/aromatic N) is 1. The summed E-state index contributed by atoms with van der Waals surface area (Å²) in [7, 11) is 0. The zero-order valence-electron chi connectivity index (χ0n) is 6.63. The van der Waals surface area contributed by atoms with E-state index in [1.54, 1.807) is 0 Å². The number of hydrogen-bond donors (Lipinski definition) is 2. The van der Waals surface area contributed by atoms with Crippen molar-refractivity contribution in [3.8, 4) is 0 Å². The lowest BCUT2D eigenvalue weighted by molar-refractivity contribution is -0.209. The molecule has 1 heterocycles. The molecule has 1 fully saturated rings. The lowest BCUT2D eigenvalue weighted by atomic mass is 10.00. The van der Waals surface area contributed by atoms with Gasteiger partial charge in [0.15, 0.2) is 12.3 Å². The van der Waals surface area contributed by atoms with Gasteiger partial charge in [0, 0.05) is 0 Å². The Kier molecular flexibility index (Phi) is 3.26. The third kappa shape index (κ3) is 1.83. The molecule has 5 atom stereocenters. The van der Waals surface area contributed by atoms with Gasteiger partial charge in [0.2, 0.25) is 6.10 Å². The Morgan fingerprint density at radius 2 is 2.23 bits per heavy atom. The summed E-state index contributed by atoms with van der Waals surface area (Å²) in [6.07, 6.45) is -7.63. The summed E-state index contributed by atoms with van der Waals surface area (Å²) in [6.45, 7) is -0.656. The Morgan fingerprint density at radius 1 is 1.62 bits per heavy atom. The molecule has 13 heavy (non-hydrogen) atoms. The highest BCUT2D eigenvalue weighted by Gasteiger charge is 2.48. The Balaban J connectivity index is 2.71. The second kappa shape index (κ2) is 4.05. The molecule has 0 spiro atoms. The smallest absolute Gasteiger partial charge is 0.264 e. The predicted octanol–water partition coefficient (Wildman–Crippen LogP) is -1.74. The molecule has 1 aliphatic rings. The molecule has 1 aliphatic heterocycles. The van der Waals surface area contributed by atoms with E-state index in [2.05, 4.69) is 9.91 Å². The molecule has 4 N–H and O–H groups in total. The van der Waals surface area contributed by atoms with Crippen molar-refractivity contribution in [2.24, 2.45) is 5.18 Å². The van der Waals surface area contributed by atoms with Crippen molar-refractivity contribution in [1.82, 2.24) is 0 Å². The number of rotatable bonds is 2. The molecule has 1 rings (SSSR count). The van der Waals surface area contributed by atoms with Gasteiger partial charge in [-0.15, -0.1) is 4.91 Å². The van der Waals surface area contributed by atoms with Crippen LogP contribution >= 0.6 is 0 Å². The highest BCUT2D eigenvalue weighted by Crippen LogP contribution is 2.23. The topological polar surface area (TPSA) is 102 Å². The van der Waals surface area contributed by atoms with Crippen LogP contribution in [0, 0.1) is 4.91 Å². The molecule has 76 valence electrons. The molecular weight excluding hydrogens is 185 g/mol. The summed E-state index contributed by atoms with van der Waals surface area (Å²) in [5.74, 6) is 0. The molecule has 0 aliphatic carbocycles. The average Bonchev–Trinajstić information content (AvgIpc) is 2.15. The Labute approximate surface area is 72.9 Å². The van der Waals surface area contributed by atoms with E-state index in [0.29, 0.717) is 0 Å². The molecule has 0 aromatic carbocycles. The van der Waals surface area contributed by atoms with E-state index in [1.807, 2.05) is 0 Å². The van der Waals surface area contributed by atoms with Crippen molar-refractivity contribution in [3.05, 3.63) is 4.91 Å². The van der Waals surface area contributed by atoms with Crippen molar-refractivity contribution in [2.75, 3.05) is 6.61 Å². The van der Waals surface area contributed by atoms with Crippen molar-refractivity contribution >= 4 is 0 Å². The van der Waals surface area contributed by atoms with Crippen LogP contribution in [-0.4, -0.2) is 52.6 Å². The summed E-state index contributed by atoms with van der Waals surface area (Å²) in [6, 6.07) is 0. The van der Waals surface area contributed by atoms with Crippen LogP contribution in [0.2, 0.25) is 0 Å². The van der Waals surface area contributed by atoms with E-state index < -0.39 is 37.3 Å². The first kappa shape index (κ1) is 10.5. The van der Waals surface area contributed by atoms with Crippen LogP contribution in [-0.2, 0) is 4.74 Å². The van der Waals surface area contributed by atoms with Gasteiger partial charge in [-0.1, -0.05) is 0 Å². The molecule has 7 heteroatoms. The van der Waals surface area contributed by atoms with E-state index >= 15 is 0 Å². The summed E-state index contributed by atoms with van der Waals surface area (Å²) < 4.78 is 17.6. The third-order valence-electron chi connectivity index (χ3n) is 1.95. The van der Waals surface area contributed by atoms with Gasteiger partial charge < -0.3 is 20.1 Å². The van der Waals surface area contributed by atoms with Crippen molar-refractivity contribution in [1.29, 1.82) is 0 Å². The fourth-order valence-corrected chi connectivity index (χ4v) is 1.16. The largest absolute Gasteiger partial charge is 0.438 e. The molecule has 0 aromatic rings. The van der Waals surface area contributed by atoms with Crippen LogP contribution in [0.4, 0.5) is 4.39 Å². The van der Waals surface area contributed by atoms with E-state index in [0.717, 1.165) is 0 Å². The first-order chi connectivity index (χ1) is 6.11. The second-order valence-electron chi connectivity index (χ2n) is 2.81. The summed E-state index contributed by atoms with van der Waals surface area (Å²) in [5.41, 5.74) is 0. The monoisotopic (exact) mass is 196 g/mol.